The zero-order valence-electron chi connectivity index (χ0n) is 16.3. The first kappa shape index (κ1) is 17.4. The Balaban J connectivity index is 1.40. The smallest absolute Gasteiger partial charge is 0.399 e. The molecule has 3 aliphatic heterocycles. The molecule has 0 aromatic heterocycles. The van der Waals surface area contributed by atoms with Gasteiger partial charge >= 0.3 is 7.12 Å². The normalized spacial score (nSPS) is 27.6. The zero-order valence-corrected chi connectivity index (χ0v) is 16.3. The zero-order chi connectivity index (χ0) is 17.9. The highest BCUT2D eigenvalue weighted by molar-refractivity contribution is 6.62. The second-order valence-corrected chi connectivity index (χ2v) is 9.34. The molecule has 0 amide bonds. The highest BCUT2D eigenvalue weighted by Gasteiger charge is 2.51. The molecule has 0 unspecified atom stereocenters. The van der Waals surface area contributed by atoms with Crippen LogP contribution >= 0.6 is 0 Å². The number of likely N-dealkylation sites (tertiary alicyclic amines) is 1. The molecule has 0 atom stereocenters. The largest absolute Gasteiger partial charge is 0.494 e. The number of nitrogens with zero attached hydrogens (tertiary/aromatic N) is 2. The van der Waals surface area contributed by atoms with Crippen LogP contribution in [0.2, 0.25) is 0 Å². The second kappa shape index (κ2) is 5.73. The molecule has 4 nitrogen and oxygen atoms in total. The van der Waals surface area contributed by atoms with E-state index in [2.05, 4.69) is 68.8 Å². The standard InChI is InChI=1S/C20H31BN2O2/c1-18(2)19(3,4)25-21(24-18)16-6-8-17(9-7-16)23-12-10-20(11-13-23)14-22(5)15-20/h6-9H,10-15H2,1-5H3. The van der Waals surface area contributed by atoms with Crippen molar-refractivity contribution in [1.82, 2.24) is 4.90 Å². The molecule has 1 aromatic rings. The summed E-state index contributed by atoms with van der Waals surface area (Å²) in [5.74, 6) is 0. The highest BCUT2D eigenvalue weighted by atomic mass is 16.7. The van der Waals surface area contributed by atoms with E-state index in [0.717, 1.165) is 5.46 Å². The van der Waals surface area contributed by atoms with E-state index in [4.69, 9.17) is 9.31 Å². The van der Waals surface area contributed by atoms with Gasteiger partial charge in [0, 0.05) is 31.9 Å². The van der Waals surface area contributed by atoms with E-state index in [0.29, 0.717) is 5.41 Å². The third-order valence-electron chi connectivity index (χ3n) is 6.82. The van der Waals surface area contributed by atoms with Crippen LogP contribution in [-0.2, 0) is 9.31 Å². The first-order valence-electron chi connectivity index (χ1n) is 9.59. The second-order valence-electron chi connectivity index (χ2n) is 9.34. The summed E-state index contributed by atoms with van der Waals surface area (Å²) in [4.78, 5) is 4.96. The number of piperidine rings is 1. The quantitative estimate of drug-likeness (QED) is 0.771. The molecule has 3 heterocycles. The average molecular weight is 342 g/mol. The van der Waals surface area contributed by atoms with Gasteiger partial charge in [0.15, 0.2) is 0 Å². The molecule has 0 bridgehead atoms. The van der Waals surface area contributed by atoms with Crippen molar-refractivity contribution in [3.05, 3.63) is 24.3 Å². The lowest BCUT2D eigenvalue weighted by atomic mass is 9.72. The Morgan fingerprint density at radius 3 is 1.88 bits per heavy atom. The van der Waals surface area contributed by atoms with E-state index in [-0.39, 0.29) is 18.3 Å². The Morgan fingerprint density at radius 2 is 1.40 bits per heavy atom. The van der Waals surface area contributed by atoms with Gasteiger partial charge in [-0.25, -0.2) is 0 Å². The summed E-state index contributed by atoms with van der Waals surface area (Å²) in [5, 5.41) is 0. The minimum absolute atomic E-state index is 0.269. The molecule has 1 aromatic carbocycles. The van der Waals surface area contributed by atoms with Crippen LogP contribution in [0.4, 0.5) is 5.69 Å². The van der Waals surface area contributed by atoms with Gasteiger partial charge in [-0.05, 0) is 70.6 Å². The maximum absolute atomic E-state index is 6.15. The molecule has 4 rings (SSSR count). The lowest BCUT2D eigenvalue weighted by Crippen LogP contribution is -2.58. The number of benzene rings is 1. The maximum atomic E-state index is 6.15. The first-order chi connectivity index (χ1) is 11.7. The minimum Gasteiger partial charge on any atom is -0.399 e. The Kier molecular flexibility index (Phi) is 3.99. The Hall–Kier alpha value is -1.04. The van der Waals surface area contributed by atoms with E-state index >= 15 is 0 Å². The van der Waals surface area contributed by atoms with E-state index in [9.17, 15) is 0 Å². The van der Waals surface area contributed by atoms with Gasteiger partial charge in [-0.1, -0.05) is 12.1 Å². The SMILES string of the molecule is CN1CC2(CCN(c3ccc(B4OC(C)(C)C(C)(C)O4)cc3)CC2)C1. The molecule has 3 saturated heterocycles. The van der Waals surface area contributed by atoms with Gasteiger partial charge in [0.2, 0.25) is 0 Å². The highest BCUT2D eigenvalue weighted by Crippen LogP contribution is 2.40. The van der Waals surface area contributed by atoms with Gasteiger partial charge < -0.3 is 19.1 Å². The Bertz CT molecular complexity index is 612. The fraction of sp³-hybridized carbons (Fsp3) is 0.700. The van der Waals surface area contributed by atoms with Crippen molar-refractivity contribution >= 4 is 18.3 Å². The number of rotatable bonds is 2. The van der Waals surface area contributed by atoms with Crippen LogP contribution in [0.3, 0.4) is 0 Å². The lowest BCUT2D eigenvalue weighted by Gasteiger charge is -2.53. The van der Waals surface area contributed by atoms with Gasteiger partial charge in [0.25, 0.3) is 0 Å². The number of hydrogen-bond acceptors (Lipinski definition) is 4. The molecular formula is C20H31BN2O2. The third kappa shape index (κ3) is 3.00. The predicted octanol–water partition coefficient (Wildman–Crippen LogP) is 2.52. The van der Waals surface area contributed by atoms with E-state index in [1.807, 2.05) is 0 Å². The van der Waals surface area contributed by atoms with Crippen molar-refractivity contribution in [2.45, 2.75) is 51.7 Å². The molecule has 5 heteroatoms. The van der Waals surface area contributed by atoms with Gasteiger partial charge in [0.05, 0.1) is 11.2 Å². The summed E-state index contributed by atoms with van der Waals surface area (Å²) >= 11 is 0. The fourth-order valence-corrected chi connectivity index (χ4v) is 4.48. The average Bonchev–Trinajstić information content (AvgIpc) is 2.75. The third-order valence-corrected chi connectivity index (χ3v) is 6.82. The molecule has 1 spiro atoms. The van der Waals surface area contributed by atoms with Crippen molar-refractivity contribution in [3.63, 3.8) is 0 Å². The minimum atomic E-state index is -0.284. The molecular weight excluding hydrogens is 311 g/mol. The summed E-state index contributed by atoms with van der Waals surface area (Å²) < 4.78 is 12.3. The Morgan fingerprint density at radius 1 is 0.880 bits per heavy atom. The van der Waals surface area contributed by atoms with Crippen molar-refractivity contribution in [1.29, 1.82) is 0 Å². The molecule has 0 aliphatic carbocycles. The van der Waals surface area contributed by atoms with Crippen LogP contribution in [-0.4, -0.2) is 56.4 Å². The van der Waals surface area contributed by atoms with Gasteiger partial charge in [-0.2, -0.15) is 0 Å². The fourth-order valence-electron chi connectivity index (χ4n) is 4.48. The van der Waals surface area contributed by atoms with Crippen LogP contribution in [0, 0.1) is 5.41 Å². The lowest BCUT2D eigenvalue weighted by molar-refractivity contribution is 0.00132. The van der Waals surface area contributed by atoms with Crippen LogP contribution in [0.1, 0.15) is 40.5 Å². The van der Waals surface area contributed by atoms with Gasteiger partial charge in [-0.15, -0.1) is 0 Å². The van der Waals surface area contributed by atoms with Crippen molar-refractivity contribution in [2.75, 3.05) is 38.1 Å². The molecule has 3 aliphatic rings. The molecule has 25 heavy (non-hydrogen) atoms. The van der Waals surface area contributed by atoms with Gasteiger partial charge in [-0.3, -0.25) is 0 Å². The van der Waals surface area contributed by atoms with Crippen molar-refractivity contribution in [3.8, 4) is 0 Å². The predicted molar refractivity (Wildman–Crippen MR) is 104 cm³/mol. The van der Waals surface area contributed by atoms with Crippen LogP contribution in [0.5, 0.6) is 0 Å². The number of anilines is 1. The molecule has 0 radical (unpaired) electrons. The molecule has 136 valence electrons. The maximum Gasteiger partial charge on any atom is 0.494 e. The Labute approximate surface area is 152 Å². The van der Waals surface area contributed by atoms with Crippen LogP contribution in [0.25, 0.3) is 0 Å². The summed E-state index contributed by atoms with van der Waals surface area (Å²) in [6, 6.07) is 8.79. The summed E-state index contributed by atoms with van der Waals surface area (Å²) in [6.07, 6.45) is 2.63. The summed E-state index contributed by atoms with van der Waals surface area (Å²) in [5.41, 5.74) is 2.47. The molecule has 0 saturated carbocycles. The molecule has 3 fully saturated rings. The van der Waals surface area contributed by atoms with Crippen molar-refractivity contribution < 1.29 is 9.31 Å². The topological polar surface area (TPSA) is 24.9 Å². The summed E-state index contributed by atoms with van der Waals surface area (Å²) in [6.45, 7) is 13.3. The van der Waals surface area contributed by atoms with E-state index < -0.39 is 0 Å². The number of hydrogen-bond donors (Lipinski definition) is 0. The summed E-state index contributed by atoms with van der Waals surface area (Å²) in [7, 11) is 1.96. The first-order valence-corrected chi connectivity index (χ1v) is 9.59. The monoisotopic (exact) mass is 342 g/mol. The molecule has 0 N–H and O–H groups in total. The van der Waals surface area contributed by atoms with Crippen LogP contribution in [0.15, 0.2) is 24.3 Å². The van der Waals surface area contributed by atoms with Gasteiger partial charge in [0.1, 0.15) is 0 Å². The van der Waals surface area contributed by atoms with E-state index in [1.54, 1.807) is 0 Å². The van der Waals surface area contributed by atoms with Crippen molar-refractivity contribution in [2.24, 2.45) is 5.41 Å². The van der Waals surface area contributed by atoms with E-state index in [1.165, 1.54) is 44.7 Å². The van der Waals surface area contributed by atoms with Crippen LogP contribution < -0.4 is 10.4 Å².